The number of hydrogen-bond acceptors (Lipinski definition) is 2. The molecule has 0 radical (unpaired) electrons. The minimum atomic E-state index is 0.645. The largest absolute Gasteiger partial charge is 0.148 e. The summed E-state index contributed by atoms with van der Waals surface area (Å²) in [6, 6.07) is 8.89. The summed E-state index contributed by atoms with van der Waals surface area (Å²) in [7, 11) is 0. The van der Waals surface area contributed by atoms with E-state index in [4.69, 9.17) is 0 Å². The van der Waals surface area contributed by atoms with E-state index >= 15 is 0 Å². The quantitative estimate of drug-likeness (QED) is 0.592. The van der Waals surface area contributed by atoms with Crippen molar-refractivity contribution in [3.8, 4) is 0 Å². The van der Waals surface area contributed by atoms with Crippen molar-refractivity contribution in [2.45, 2.75) is 38.5 Å². The van der Waals surface area contributed by atoms with Gasteiger partial charge in [-0.3, -0.25) is 0 Å². The predicted molar refractivity (Wildman–Crippen MR) is 74.6 cm³/mol. The van der Waals surface area contributed by atoms with Gasteiger partial charge in [0, 0.05) is 15.7 Å². The Bertz CT molecular complexity index is 339. The third-order valence-corrected chi connectivity index (χ3v) is 4.84. The molecular formula is C14H18S2. The van der Waals surface area contributed by atoms with Gasteiger partial charge in [0.15, 0.2) is 0 Å². The Hall–Kier alpha value is -0.600. The molecule has 2 aromatic rings. The van der Waals surface area contributed by atoms with Gasteiger partial charge in [-0.25, -0.2) is 0 Å². The molecule has 2 heteroatoms. The highest BCUT2D eigenvalue weighted by atomic mass is 32.1. The second-order valence-electron chi connectivity index (χ2n) is 4.08. The minimum absolute atomic E-state index is 0.645. The molecule has 0 nitrogen and oxygen atoms in total. The van der Waals surface area contributed by atoms with E-state index < -0.39 is 0 Å². The van der Waals surface area contributed by atoms with Crippen LogP contribution in [-0.4, -0.2) is 0 Å². The maximum atomic E-state index is 2.28. The molecule has 0 amide bonds. The SMILES string of the molecule is CCCCCC(c1cccs1)c1cccs1. The van der Waals surface area contributed by atoms with Gasteiger partial charge in [0.25, 0.3) is 0 Å². The van der Waals surface area contributed by atoms with E-state index in [1.54, 1.807) is 0 Å². The predicted octanol–water partition coefficient (Wildman–Crippen LogP) is 5.52. The van der Waals surface area contributed by atoms with Crippen molar-refractivity contribution < 1.29 is 0 Å². The second-order valence-corrected chi connectivity index (χ2v) is 6.04. The lowest BCUT2D eigenvalue weighted by molar-refractivity contribution is 0.629. The van der Waals surface area contributed by atoms with Gasteiger partial charge < -0.3 is 0 Å². The zero-order valence-corrected chi connectivity index (χ0v) is 11.3. The van der Waals surface area contributed by atoms with Crippen LogP contribution < -0.4 is 0 Å². The van der Waals surface area contributed by atoms with Crippen molar-refractivity contribution in [3.05, 3.63) is 44.8 Å². The van der Waals surface area contributed by atoms with Crippen LogP contribution in [0.1, 0.15) is 48.3 Å². The van der Waals surface area contributed by atoms with Gasteiger partial charge in [-0.05, 0) is 29.3 Å². The lowest BCUT2D eigenvalue weighted by Gasteiger charge is -2.13. The molecule has 2 rings (SSSR count). The molecule has 2 heterocycles. The Morgan fingerprint density at radius 3 is 2.06 bits per heavy atom. The smallest absolute Gasteiger partial charge is 0.0278 e. The summed E-state index contributed by atoms with van der Waals surface area (Å²) in [5, 5.41) is 4.38. The summed E-state index contributed by atoms with van der Waals surface area (Å²) >= 11 is 3.79. The van der Waals surface area contributed by atoms with Crippen LogP contribution >= 0.6 is 22.7 Å². The second kappa shape index (κ2) is 6.21. The molecule has 0 saturated heterocycles. The van der Waals surface area contributed by atoms with E-state index in [0.29, 0.717) is 5.92 Å². The maximum absolute atomic E-state index is 2.28. The number of thiophene rings is 2. The van der Waals surface area contributed by atoms with Gasteiger partial charge in [-0.2, -0.15) is 0 Å². The Balaban J connectivity index is 2.08. The molecule has 0 N–H and O–H groups in total. The van der Waals surface area contributed by atoms with Crippen molar-refractivity contribution in [2.75, 3.05) is 0 Å². The van der Waals surface area contributed by atoms with Crippen LogP contribution in [0, 0.1) is 0 Å². The fraction of sp³-hybridized carbons (Fsp3) is 0.429. The zero-order chi connectivity index (χ0) is 11.2. The summed E-state index contributed by atoms with van der Waals surface area (Å²) in [6.07, 6.45) is 5.31. The molecule has 0 aliphatic heterocycles. The third-order valence-electron chi connectivity index (χ3n) is 2.87. The third kappa shape index (κ3) is 2.96. The van der Waals surface area contributed by atoms with E-state index in [1.807, 2.05) is 22.7 Å². The molecule has 2 aromatic heterocycles. The highest BCUT2D eigenvalue weighted by Crippen LogP contribution is 2.35. The van der Waals surface area contributed by atoms with Gasteiger partial charge in [0.2, 0.25) is 0 Å². The lowest BCUT2D eigenvalue weighted by atomic mass is 9.98. The van der Waals surface area contributed by atoms with Gasteiger partial charge in [-0.1, -0.05) is 38.3 Å². The summed E-state index contributed by atoms with van der Waals surface area (Å²) in [6.45, 7) is 2.27. The maximum Gasteiger partial charge on any atom is 0.0278 e. The summed E-state index contributed by atoms with van der Waals surface area (Å²) in [5.41, 5.74) is 0. The van der Waals surface area contributed by atoms with Gasteiger partial charge in [0.1, 0.15) is 0 Å². The number of hydrogen-bond donors (Lipinski definition) is 0. The number of unbranched alkanes of at least 4 members (excludes halogenated alkanes) is 2. The highest BCUT2D eigenvalue weighted by molar-refractivity contribution is 7.11. The first-order valence-corrected chi connectivity index (χ1v) is 7.74. The topological polar surface area (TPSA) is 0 Å². The van der Waals surface area contributed by atoms with E-state index in [1.165, 1.54) is 35.4 Å². The molecule has 0 aliphatic rings. The fourth-order valence-electron chi connectivity index (χ4n) is 2.00. The monoisotopic (exact) mass is 250 g/mol. The molecule has 16 heavy (non-hydrogen) atoms. The molecule has 0 atom stereocenters. The van der Waals surface area contributed by atoms with Crippen LogP contribution in [0.3, 0.4) is 0 Å². The van der Waals surface area contributed by atoms with Crippen LogP contribution in [0.15, 0.2) is 35.0 Å². The molecule has 0 unspecified atom stereocenters. The van der Waals surface area contributed by atoms with Gasteiger partial charge >= 0.3 is 0 Å². The first kappa shape index (κ1) is 11.9. The molecule has 0 spiro atoms. The average molecular weight is 250 g/mol. The molecule has 0 aliphatic carbocycles. The van der Waals surface area contributed by atoms with E-state index in [0.717, 1.165) is 0 Å². The zero-order valence-electron chi connectivity index (χ0n) is 9.69. The Morgan fingerprint density at radius 1 is 1.00 bits per heavy atom. The fourth-order valence-corrected chi connectivity index (χ4v) is 3.84. The van der Waals surface area contributed by atoms with Crippen molar-refractivity contribution in [1.29, 1.82) is 0 Å². The Labute approximate surface area is 106 Å². The van der Waals surface area contributed by atoms with Crippen LogP contribution in [0.4, 0.5) is 0 Å². The van der Waals surface area contributed by atoms with E-state index in [9.17, 15) is 0 Å². The van der Waals surface area contributed by atoms with Crippen LogP contribution in [0.5, 0.6) is 0 Å². The Morgan fingerprint density at radius 2 is 1.62 bits per heavy atom. The van der Waals surface area contributed by atoms with Crippen LogP contribution in [0.25, 0.3) is 0 Å². The first-order valence-electron chi connectivity index (χ1n) is 5.98. The van der Waals surface area contributed by atoms with Gasteiger partial charge in [-0.15, -0.1) is 22.7 Å². The van der Waals surface area contributed by atoms with Crippen molar-refractivity contribution >= 4 is 22.7 Å². The summed E-state index contributed by atoms with van der Waals surface area (Å²) in [5.74, 6) is 0.645. The van der Waals surface area contributed by atoms with E-state index in [-0.39, 0.29) is 0 Å². The van der Waals surface area contributed by atoms with Crippen molar-refractivity contribution in [1.82, 2.24) is 0 Å². The summed E-state index contributed by atoms with van der Waals surface area (Å²) in [4.78, 5) is 3.05. The molecule has 86 valence electrons. The molecule has 0 saturated carbocycles. The molecule has 0 fully saturated rings. The van der Waals surface area contributed by atoms with Crippen molar-refractivity contribution in [2.24, 2.45) is 0 Å². The van der Waals surface area contributed by atoms with Crippen LogP contribution in [-0.2, 0) is 0 Å². The van der Waals surface area contributed by atoms with Crippen LogP contribution in [0.2, 0.25) is 0 Å². The minimum Gasteiger partial charge on any atom is -0.148 e. The van der Waals surface area contributed by atoms with E-state index in [2.05, 4.69) is 41.9 Å². The lowest BCUT2D eigenvalue weighted by Crippen LogP contribution is -1.96. The standard InChI is InChI=1S/C14H18S2/c1-2-3-4-7-12(13-8-5-10-15-13)14-9-6-11-16-14/h5-6,8-12H,2-4,7H2,1H3. The molecule has 0 aromatic carbocycles. The van der Waals surface area contributed by atoms with Gasteiger partial charge in [0.05, 0.1) is 0 Å². The summed E-state index contributed by atoms with van der Waals surface area (Å²) < 4.78 is 0. The average Bonchev–Trinajstić information content (AvgIpc) is 2.97. The normalized spacial score (nSPS) is 11.1. The number of rotatable bonds is 6. The first-order chi connectivity index (χ1) is 7.92. The highest BCUT2D eigenvalue weighted by Gasteiger charge is 2.15. The molecular weight excluding hydrogens is 232 g/mol. The molecule has 0 bridgehead atoms. The van der Waals surface area contributed by atoms with Crippen molar-refractivity contribution in [3.63, 3.8) is 0 Å². The Kier molecular flexibility index (Phi) is 4.61.